The molecule has 0 unspecified atom stereocenters. The average Bonchev–Trinajstić information content (AvgIpc) is 1.82. The lowest BCUT2D eigenvalue weighted by atomic mass is 10.4. The molecule has 6 nitrogen and oxygen atoms in total. The zero-order valence-corrected chi connectivity index (χ0v) is 6.12. The highest BCUT2D eigenvalue weighted by molar-refractivity contribution is 7.46. The van der Waals surface area contributed by atoms with Gasteiger partial charge in [-0.2, -0.15) is 5.26 Å². The third-order valence-corrected chi connectivity index (χ3v) is 0.987. The van der Waals surface area contributed by atoms with Gasteiger partial charge in [-0.15, -0.1) is 0 Å². The van der Waals surface area contributed by atoms with Crippen LogP contribution in [0.3, 0.4) is 0 Å². The smallest absolute Gasteiger partial charge is 0.366 e. The summed E-state index contributed by atoms with van der Waals surface area (Å²) in [4.78, 5) is 26.5. The van der Waals surface area contributed by atoms with Crippen LogP contribution in [0.5, 0.6) is 0 Å². The van der Waals surface area contributed by atoms with Gasteiger partial charge in [0.25, 0.3) is 0 Å². The highest BCUT2D eigenvalue weighted by atomic mass is 31.2. The highest BCUT2D eigenvalue weighted by Crippen LogP contribution is 2.36. The number of phosphoric acid groups is 1. The van der Waals surface area contributed by atoms with Gasteiger partial charge in [-0.25, -0.2) is 9.36 Å². The van der Waals surface area contributed by atoms with Crippen molar-refractivity contribution in [1.82, 2.24) is 0 Å². The third-order valence-electron chi connectivity index (χ3n) is 0.583. The van der Waals surface area contributed by atoms with Crippen molar-refractivity contribution in [2.45, 2.75) is 0 Å². The summed E-state index contributed by atoms with van der Waals surface area (Å²) in [5, 5.41) is 8.00. The number of hydrogen-bond donors (Lipinski definition) is 2. The van der Waals surface area contributed by atoms with E-state index in [0.29, 0.717) is 0 Å². The van der Waals surface area contributed by atoms with Crippen LogP contribution in [0, 0.1) is 11.3 Å². The minimum Gasteiger partial charge on any atom is -0.366 e. The van der Waals surface area contributed by atoms with Gasteiger partial charge in [0.1, 0.15) is 11.6 Å². The Hall–Kier alpha value is -1.15. The van der Waals surface area contributed by atoms with Crippen molar-refractivity contribution in [2.24, 2.45) is 0 Å². The largest absolute Gasteiger partial charge is 0.527 e. The van der Waals surface area contributed by atoms with Crippen molar-refractivity contribution >= 4 is 13.8 Å². The van der Waals surface area contributed by atoms with Crippen molar-refractivity contribution in [3.05, 3.63) is 12.2 Å². The second-order valence-corrected chi connectivity index (χ2v) is 2.62. The van der Waals surface area contributed by atoms with Crippen LogP contribution >= 0.6 is 7.82 Å². The molecule has 0 atom stereocenters. The molecule has 0 bridgehead atoms. The Kier molecular flexibility index (Phi) is 2.96. The summed E-state index contributed by atoms with van der Waals surface area (Å²) in [7, 11) is -4.85. The average molecular weight is 177 g/mol. The van der Waals surface area contributed by atoms with Crippen LogP contribution in [0.15, 0.2) is 12.2 Å². The molecule has 0 aromatic carbocycles. The molecular weight excluding hydrogens is 173 g/mol. The fraction of sp³-hybridized carbons (Fsp3) is 0. The number of phosphoric ester groups is 1. The number of carbonyl (C=O) groups is 1. The van der Waals surface area contributed by atoms with E-state index in [9.17, 15) is 9.36 Å². The van der Waals surface area contributed by atoms with E-state index in [1.54, 1.807) is 0 Å². The van der Waals surface area contributed by atoms with Crippen molar-refractivity contribution in [2.75, 3.05) is 0 Å². The van der Waals surface area contributed by atoms with E-state index in [-0.39, 0.29) is 0 Å². The van der Waals surface area contributed by atoms with E-state index in [1.807, 2.05) is 0 Å². The molecule has 0 fully saturated rings. The summed E-state index contributed by atoms with van der Waals surface area (Å²) in [6.45, 7) is 2.88. The van der Waals surface area contributed by atoms with Crippen molar-refractivity contribution in [1.29, 1.82) is 5.26 Å². The number of carbonyl (C=O) groups excluding carboxylic acids is 1. The minimum absolute atomic E-state index is 0.659. The first kappa shape index (κ1) is 9.85. The fourth-order valence-corrected chi connectivity index (χ4v) is 0.535. The summed E-state index contributed by atoms with van der Waals surface area (Å²) in [6, 6.07) is 1.27. The minimum atomic E-state index is -4.85. The van der Waals surface area contributed by atoms with E-state index >= 15 is 0 Å². The summed E-state index contributed by atoms with van der Waals surface area (Å²) in [6.07, 6.45) is 0. The van der Waals surface area contributed by atoms with Gasteiger partial charge in [-0.05, 0) is 0 Å². The molecule has 0 aliphatic carbocycles. The first-order valence-corrected chi connectivity index (χ1v) is 3.78. The zero-order valence-electron chi connectivity index (χ0n) is 5.22. The molecular formula is C4H4NO5P. The Morgan fingerprint density at radius 2 is 2.09 bits per heavy atom. The molecule has 0 aromatic rings. The lowest BCUT2D eigenvalue weighted by Gasteiger charge is -2.01. The Morgan fingerprint density at radius 1 is 1.64 bits per heavy atom. The molecule has 0 heterocycles. The second kappa shape index (κ2) is 3.30. The molecule has 0 aliphatic rings. The zero-order chi connectivity index (χ0) is 9.07. The molecule has 0 spiro atoms. The van der Waals surface area contributed by atoms with Crippen LogP contribution in [0.4, 0.5) is 0 Å². The molecule has 0 aliphatic heterocycles. The quantitative estimate of drug-likeness (QED) is 0.340. The molecule has 0 aromatic heterocycles. The number of nitrogens with zero attached hydrogens (tertiary/aromatic N) is 1. The summed E-state index contributed by atoms with van der Waals surface area (Å²) < 4.78 is 13.5. The Morgan fingerprint density at radius 3 is 2.36 bits per heavy atom. The van der Waals surface area contributed by atoms with E-state index in [4.69, 9.17) is 15.0 Å². The first-order chi connectivity index (χ1) is 4.87. The van der Waals surface area contributed by atoms with Gasteiger partial charge < -0.3 is 4.52 Å². The molecule has 0 rings (SSSR count). The van der Waals surface area contributed by atoms with Crippen LogP contribution in [-0.2, 0) is 13.9 Å². The molecule has 0 saturated heterocycles. The fourth-order valence-electron chi connectivity index (χ4n) is 0.209. The number of rotatable bonds is 2. The number of nitriles is 1. The van der Waals surface area contributed by atoms with E-state index < -0.39 is 19.4 Å². The van der Waals surface area contributed by atoms with Gasteiger partial charge in [0.2, 0.25) is 0 Å². The van der Waals surface area contributed by atoms with Crippen molar-refractivity contribution in [3.8, 4) is 6.07 Å². The maximum absolute atomic E-state index is 10.4. The molecule has 2 N–H and O–H groups in total. The Balaban J connectivity index is 4.25. The molecule has 60 valence electrons. The summed E-state index contributed by atoms with van der Waals surface area (Å²) in [5.41, 5.74) is -0.659. The second-order valence-electron chi connectivity index (χ2n) is 1.46. The van der Waals surface area contributed by atoms with Gasteiger partial charge in [0, 0.05) is 0 Å². The molecule has 7 heteroatoms. The van der Waals surface area contributed by atoms with Crippen molar-refractivity contribution in [3.63, 3.8) is 0 Å². The number of hydrogen-bond acceptors (Lipinski definition) is 4. The summed E-state index contributed by atoms with van der Waals surface area (Å²) >= 11 is 0. The first-order valence-electron chi connectivity index (χ1n) is 2.25. The SMILES string of the molecule is C=C(C#N)C(=O)OP(=O)(O)O. The van der Waals surface area contributed by atoms with Crippen LogP contribution in [0.1, 0.15) is 0 Å². The lowest BCUT2D eigenvalue weighted by Crippen LogP contribution is -2.03. The van der Waals surface area contributed by atoms with Gasteiger partial charge in [-0.1, -0.05) is 6.58 Å². The molecule has 11 heavy (non-hydrogen) atoms. The van der Waals surface area contributed by atoms with Gasteiger partial charge in [0.05, 0.1) is 0 Å². The van der Waals surface area contributed by atoms with Crippen LogP contribution in [0.25, 0.3) is 0 Å². The summed E-state index contributed by atoms with van der Waals surface area (Å²) in [5.74, 6) is -1.42. The highest BCUT2D eigenvalue weighted by Gasteiger charge is 2.21. The van der Waals surface area contributed by atoms with Gasteiger partial charge in [-0.3, -0.25) is 9.79 Å². The maximum atomic E-state index is 10.4. The van der Waals surface area contributed by atoms with Crippen LogP contribution in [-0.4, -0.2) is 15.8 Å². The Bertz CT molecular complexity index is 271. The van der Waals surface area contributed by atoms with E-state index in [1.165, 1.54) is 6.07 Å². The maximum Gasteiger partial charge on any atom is 0.527 e. The van der Waals surface area contributed by atoms with Gasteiger partial charge >= 0.3 is 13.8 Å². The third kappa shape index (κ3) is 4.28. The van der Waals surface area contributed by atoms with E-state index in [0.717, 1.165) is 0 Å². The normalized spacial score (nSPS) is 9.91. The Labute approximate surface area is 62.0 Å². The molecule has 0 radical (unpaired) electrons. The molecule has 0 amide bonds. The van der Waals surface area contributed by atoms with Crippen molar-refractivity contribution < 1.29 is 23.7 Å². The lowest BCUT2D eigenvalue weighted by molar-refractivity contribution is -0.130. The monoisotopic (exact) mass is 177 g/mol. The standard InChI is InChI=1S/C4H4NO5P/c1-3(2-5)4(6)10-11(7,8)9/h1H2,(H2,7,8,9). The van der Waals surface area contributed by atoms with Gasteiger partial charge in [0.15, 0.2) is 0 Å². The van der Waals surface area contributed by atoms with Crippen LogP contribution in [0.2, 0.25) is 0 Å². The predicted octanol–water partition coefficient (Wildman–Crippen LogP) is -0.298. The van der Waals surface area contributed by atoms with E-state index in [2.05, 4.69) is 11.1 Å². The topological polar surface area (TPSA) is 108 Å². The van der Waals surface area contributed by atoms with Crippen LogP contribution < -0.4 is 0 Å². The predicted molar refractivity (Wildman–Crippen MR) is 32.9 cm³/mol. The molecule has 0 saturated carbocycles.